The Balaban J connectivity index is 1.88. The maximum atomic E-state index is 12.4. The van der Waals surface area contributed by atoms with E-state index in [1.165, 1.54) is 5.56 Å². The van der Waals surface area contributed by atoms with Crippen LogP contribution in [0.3, 0.4) is 0 Å². The SMILES string of the molecule is CC[C@@H](N[C@@H](C)C(=O)NCc1ccc(OC)cc1)c1ccc(Br)cc1. The third-order valence-corrected chi connectivity index (χ3v) is 4.68. The quantitative estimate of drug-likeness (QED) is 0.692. The normalized spacial score (nSPS) is 13.1. The van der Waals surface area contributed by atoms with Gasteiger partial charge in [-0.2, -0.15) is 0 Å². The number of hydrogen-bond donors (Lipinski definition) is 2. The van der Waals surface area contributed by atoms with Crippen LogP contribution in [0.2, 0.25) is 0 Å². The Labute approximate surface area is 158 Å². The number of nitrogens with one attached hydrogen (secondary N) is 2. The summed E-state index contributed by atoms with van der Waals surface area (Å²) < 4.78 is 6.19. The molecule has 0 radical (unpaired) electrons. The van der Waals surface area contributed by atoms with E-state index in [-0.39, 0.29) is 18.0 Å². The second kappa shape index (κ2) is 9.59. The number of benzene rings is 2. The zero-order valence-electron chi connectivity index (χ0n) is 14.9. The predicted molar refractivity (Wildman–Crippen MR) is 105 cm³/mol. The molecule has 25 heavy (non-hydrogen) atoms. The van der Waals surface area contributed by atoms with Gasteiger partial charge in [-0.05, 0) is 48.7 Å². The number of ether oxygens (including phenoxy) is 1. The summed E-state index contributed by atoms with van der Waals surface area (Å²) in [5.41, 5.74) is 2.22. The van der Waals surface area contributed by atoms with Crippen LogP contribution in [-0.2, 0) is 11.3 Å². The lowest BCUT2D eigenvalue weighted by Gasteiger charge is -2.22. The highest BCUT2D eigenvalue weighted by atomic mass is 79.9. The lowest BCUT2D eigenvalue weighted by Crippen LogP contribution is -2.43. The van der Waals surface area contributed by atoms with Crippen molar-refractivity contribution >= 4 is 21.8 Å². The number of carbonyl (C=O) groups is 1. The van der Waals surface area contributed by atoms with E-state index in [1.54, 1.807) is 7.11 Å². The van der Waals surface area contributed by atoms with Crippen molar-refractivity contribution in [3.05, 3.63) is 64.1 Å². The summed E-state index contributed by atoms with van der Waals surface area (Å²) in [7, 11) is 1.64. The van der Waals surface area contributed by atoms with Gasteiger partial charge in [0, 0.05) is 17.1 Å². The molecule has 0 unspecified atom stereocenters. The molecule has 0 fully saturated rings. The Hall–Kier alpha value is -1.85. The van der Waals surface area contributed by atoms with Gasteiger partial charge < -0.3 is 10.1 Å². The zero-order valence-corrected chi connectivity index (χ0v) is 16.5. The minimum atomic E-state index is -0.271. The first-order valence-corrected chi connectivity index (χ1v) is 9.25. The van der Waals surface area contributed by atoms with Gasteiger partial charge in [0.15, 0.2) is 0 Å². The van der Waals surface area contributed by atoms with Crippen molar-refractivity contribution in [3.8, 4) is 5.75 Å². The molecule has 0 aliphatic rings. The van der Waals surface area contributed by atoms with Gasteiger partial charge in [0.05, 0.1) is 13.2 Å². The number of methoxy groups -OCH3 is 1. The van der Waals surface area contributed by atoms with Crippen molar-refractivity contribution in [2.75, 3.05) is 7.11 Å². The monoisotopic (exact) mass is 404 g/mol. The molecule has 4 nitrogen and oxygen atoms in total. The van der Waals surface area contributed by atoms with E-state index in [4.69, 9.17) is 4.74 Å². The first kappa shape index (κ1) is 19.5. The topological polar surface area (TPSA) is 50.4 Å². The minimum Gasteiger partial charge on any atom is -0.497 e. The van der Waals surface area contributed by atoms with Crippen LogP contribution in [0.5, 0.6) is 5.75 Å². The van der Waals surface area contributed by atoms with Gasteiger partial charge in [0.2, 0.25) is 5.91 Å². The Morgan fingerprint density at radius 2 is 1.76 bits per heavy atom. The molecule has 0 heterocycles. The lowest BCUT2D eigenvalue weighted by atomic mass is 10.0. The molecule has 0 aliphatic heterocycles. The van der Waals surface area contributed by atoms with E-state index in [1.807, 2.05) is 43.3 Å². The standard InChI is InChI=1S/C20H25BrN2O2/c1-4-19(16-7-9-17(21)10-8-16)23-14(2)20(24)22-13-15-5-11-18(25-3)12-6-15/h5-12,14,19,23H,4,13H2,1-3H3,(H,22,24)/t14-,19+/m0/s1. The lowest BCUT2D eigenvalue weighted by molar-refractivity contribution is -0.123. The predicted octanol–water partition coefficient (Wildman–Crippen LogP) is 4.20. The van der Waals surface area contributed by atoms with E-state index in [0.717, 1.165) is 22.2 Å². The van der Waals surface area contributed by atoms with Crippen LogP contribution in [0, 0.1) is 0 Å². The van der Waals surface area contributed by atoms with Crippen molar-refractivity contribution in [1.82, 2.24) is 10.6 Å². The highest BCUT2D eigenvalue weighted by Gasteiger charge is 2.17. The van der Waals surface area contributed by atoms with E-state index in [2.05, 4.69) is 45.6 Å². The molecule has 2 aromatic rings. The van der Waals surface area contributed by atoms with Crippen molar-refractivity contribution < 1.29 is 9.53 Å². The van der Waals surface area contributed by atoms with E-state index in [0.29, 0.717) is 6.54 Å². The molecular weight excluding hydrogens is 380 g/mol. The molecule has 2 N–H and O–H groups in total. The molecule has 0 aromatic heterocycles. The molecule has 5 heteroatoms. The summed E-state index contributed by atoms with van der Waals surface area (Å²) in [4.78, 5) is 12.4. The smallest absolute Gasteiger partial charge is 0.237 e. The highest BCUT2D eigenvalue weighted by molar-refractivity contribution is 9.10. The molecule has 0 spiro atoms. The fraction of sp³-hybridized carbons (Fsp3) is 0.350. The summed E-state index contributed by atoms with van der Waals surface area (Å²) in [6.45, 7) is 4.51. The highest BCUT2D eigenvalue weighted by Crippen LogP contribution is 2.20. The molecule has 0 bridgehead atoms. The van der Waals surface area contributed by atoms with Crippen LogP contribution in [0.4, 0.5) is 0 Å². The van der Waals surface area contributed by atoms with Crippen LogP contribution < -0.4 is 15.4 Å². The largest absolute Gasteiger partial charge is 0.497 e. The first-order valence-electron chi connectivity index (χ1n) is 8.45. The van der Waals surface area contributed by atoms with Crippen molar-refractivity contribution in [3.63, 3.8) is 0 Å². The molecule has 0 saturated carbocycles. The Bertz CT molecular complexity index is 671. The number of rotatable bonds is 8. The van der Waals surface area contributed by atoms with Crippen LogP contribution in [-0.4, -0.2) is 19.1 Å². The second-order valence-electron chi connectivity index (χ2n) is 5.97. The average molecular weight is 405 g/mol. The molecule has 2 rings (SSSR count). The van der Waals surface area contributed by atoms with Gasteiger partial charge in [-0.3, -0.25) is 10.1 Å². The Kier molecular flexibility index (Phi) is 7.47. The van der Waals surface area contributed by atoms with Crippen molar-refractivity contribution in [2.24, 2.45) is 0 Å². The van der Waals surface area contributed by atoms with Crippen LogP contribution >= 0.6 is 15.9 Å². The average Bonchev–Trinajstić information content (AvgIpc) is 2.65. The van der Waals surface area contributed by atoms with Crippen molar-refractivity contribution in [2.45, 2.75) is 38.9 Å². The molecule has 1 amide bonds. The van der Waals surface area contributed by atoms with E-state index >= 15 is 0 Å². The molecule has 0 saturated heterocycles. The van der Waals surface area contributed by atoms with Crippen LogP contribution in [0.25, 0.3) is 0 Å². The summed E-state index contributed by atoms with van der Waals surface area (Å²) >= 11 is 3.45. The minimum absolute atomic E-state index is 0.00798. The number of carbonyl (C=O) groups excluding carboxylic acids is 1. The third kappa shape index (κ3) is 5.87. The number of amides is 1. The molecule has 0 aliphatic carbocycles. The van der Waals surface area contributed by atoms with Crippen LogP contribution in [0.1, 0.15) is 37.4 Å². The van der Waals surface area contributed by atoms with Gasteiger partial charge in [-0.25, -0.2) is 0 Å². The molecule has 2 aromatic carbocycles. The third-order valence-electron chi connectivity index (χ3n) is 4.15. The number of halogens is 1. The van der Waals surface area contributed by atoms with Gasteiger partial charge in [-0.15, -0.1) is 0 Å². The fourth-order valence-electron chi connectivity index (χ4n) is 2.61. The van der Waals surface area contributed by atoms with Gasteiger partial charge in [-0.1, -0.05) is 47.1 Å². The number of hydrogen-bond acceptors (Lipinski definition) is 3. The fourth-order valence-corrected chi connectivity index (χ4v) is 2.87. The van der Waals surface area contributed by atoms with Crippen molar-refractivity contribution in [1.29, 1.82) is 0 Å². The zero-order chi connectivity index (χ0) is 18.2. The summed E-state index contributed by atoms with van der Waals surface area (Å²) in [6.07, 6.45) is 0.914. The second-order valence-corrected chi connectivity index (χ2v) is 6.88. The Morgan fingerprint density at radius 1 is 1.12 bits per heavy atom. The summed E-state index contributed by atoms with van der Waals surface area (Å²) in [5.74, 6) is 0.803. The van der Waals surface area contributed by atoms with E-state index in [9.17, 15) is 4.79 Å². The Morgan fingerprint density at radius 3 is 2.32 bits per heavy atom. The molecular formula is C20H25BrN2O2. The van der Waals surface area contributed by atoms with Gasteiger partial charge in [0.25, 0.3) is 0 Å². The summed E-state index contributed by atoms with van der Waals surface area (Å²) in [5, 5.41) is 6.39. The summed E-state index contributed by atoms with van der Waals surface area (Å²) in [6, 6.07) is 15.8. The first-order chi connectivity index (χ1) is 12.0. The van der Waals surface area contributed by atoms with Crippen LogP contribution in [0.15, 0.2) is 53.0 Å². The van der Waals surface area contributed by atoms with E-state index < -0.39 is 0 Å². The van der Waals surface area contributed by atoms with Gasteiger partial charge in [0.1, 0.15) is 5.75 Å². The molecule has 134 valence electrons. The molecule has 2 atom stereocenters. The maximum Gasteiger partial charge on any atom is 0.237 e. The van der Waals surface area contributed by atoms with Gasteiger partial charge >= 0.3 is 0 Å². The maximum absolute atomic E-state index is 12.4.